The number of carbonyl (C=O) groups excluding carboxylic acids is 1. The molecule has 0 radical (unpaired) electrons. The van der Waals surface area contributed by atoms with Crippen molar-refractivity contribution in [2.24, 2.45) is 0 Å². The zero-order chi connectivity index (χ0) is 19.6. The van der Waals surface area contributed by atoms with Gasteiger partial charge < -0.3 is 5.32 Å². The van der Waals surface area contributed by atoms with Gasteiger partial charge in [0.15, 0.2) is 0 Å². The van der Waals surface area contributed by atoms with E-state index in [1.807, 2.05) is 62.0 Å². The van der Waals surface area contributed by atoms with Gasteiger partial charge in [-0.2, -0.15) is 5.10 Å². The van der Waals surface area contributed by atoms with E-state index in [4.69, 9.17) is 11.6 Å². The minimum absolute atomic E-state index is 0.0189. The predicted octanol–water partition coefficient (Wildman–Crippen LogP) is 4.26. The molecule has 0 aliphatic carbocycles. The van der Waals surface area contributed by atoms with Crippen LogP contribution >= 0.6 is 22.9 Å². The van der Waals surface area contributed by atoms with E-state index in [1.165, 1.54) is 11.3 Å². The Hall–Kier alpha value is -2.18. The lowest BCUT2D eigenvalue weighted by atomic mass is 10.0. The first-order valence-corrected chi connectivity index (χ1v) is 10.1. The molecule has 3 aromatic rings. The molecule has 0 saturated carbocycles. The van der Waals surface area contributed by atoms with Crippen LogP contribution in [0.15, 0.2) is 29.6 Å². The SMILES string of the molecule is Cc1nn(-c2nc(CC(=O)NC(C)C)cs2)c(C)c1Cc1ccccc1Cl. The summed E-state index contributed by atoms with van der Waals surface area (Å²) in [6, 6.07) is 7.99. The second-order valence-corrected chi connectivity index (χ2v) is 8.09. The molecule has 0 bridgehead atoms. The number of aromatic nitrogens is 3. The van der Waals surface area contributed by atoms with Crippen LogP contribution < -0.4 is 5.32 Å². The van der Waals surface area contributed by atoms with E-state index in [-0.39, 0.29) is 18.4 Å². The van der Waals surface area contributed by atoms with Crippen LogP contribution in [-0.4, -0.2) is 26.7 Å². The molecule has 0 unspecified atom stereocenters. The van der Waals surface area contributed by atoms with Crippen molar-refractivity contribution in [3.63, 3.8) is 0 Å². The summed E-state index contributed by atoms with van der Waals surface area (Å²) in [5.74, 6) is -0.0189. The number of amides is 1. The van der Waals surface area contributed by atoms with E-state index in [9.17, 15) is 4.79 Å². The molecule has 2 aromatic heterocycles. The molecule has 3 rings (SSSR count). The Balaban J connectivity index is 1.82. The number of halogens is 1. The van der Waals surface area contributed by atoms with Crippen LogP contribution in [-0.2, 0) is 17.6 Å². The summed E-state index contributed by atoms with van der Waals surface area (Å²) in [6.45, 7) is 7.93. The summed E-state index contributed by atoms with van der Waals surface area (Å²) in [6.07, 6.45) is 1.01. The van der Waals surface area contributed by atoms with E-state index in [2.05, 4.69) is 15.4 Å². The van der Waals surface area contributed by atoms with Crippen LogP contribution in [0.5, 0.6) is 0 Å². The van der Waals surface area contributed by atoms with Crippen LogP contribution in [0.1, 0.15) is 42.1 Å². The molecule has 2 heterocycles. The number of nitrogens with one attached hydrogen (secondary N) is 1. The van der Waals surface area contributed by atoms with Crippen molar-refractivity contribution in [3.8, 4) is 5.13 Å². The van der Waals surface area contributed by atoms with Gasteiger partial charge in [0.1, 0.15) is 0 Å². The number of benzene rings is 1. The number of carbonyl (C=O) groups is 1. The number of nitrogens with zero attached hydrogens (tertiary/aromatic N) is 3. The number of hydrogen-bond acceptors (Lipinski definition) is 4. The van der Waals surface area contributed by atoms with Gasteiger partial charge in [0.2, 0.25) is 11.0 Å². The molecular formula is C20H23ClN4OS. The summed E-state index contributed by atoms with van der Waals surface area (Å²) < 4.78 is 1.86. The van der Waals surface area contributed by atoms with Crippen LogP contribution in [0, 0.1) is 13.8 Å². The van der Waals surface area contributed by atoms with Crippen LogP contribution in [0.4, 0.5) is 0 Å². The van der Waals surface area contributed by atoms with Gasteiger partial charge in [-0.05, 0) is 39.3 Å². The van der Waals surface area contributed by atoms with E-state index in [0.29, 0.717) is 0 Å². The van der Waals surface area contributed by atoms with Crippen molar-refractivity contribution >= 4 is 28.8 Å². The molecule has 5 nitrogen and oxygen atoms in total. The topological polar surface area (TPSA) is 59.8 Å². The first-order chi connectivity index (χ1) is 12.8. The van der Waals surface area contributed by atoms with Gasteiger partial charge in [0, 0.05) is 34.1 Å². The van der Waals surface area contributed by atoms with Crippen molar-refractivity contribution in [2.45, 2.75) is 46.6 Å². The molecule has 1 amide bonds. The third-order valence-corrected chi connectivity index (χ3v) is 5.51. The Morgan fingerprint density at radius 3 is 2.74 bits per heavy atom. The lowest BCUT2D eigenvalue weighted by Gasteiger charge is -2.06. The number of aryl methyl sites for hydroxylation is 1. The van der Waals surface area contributed by atoms with E-state index in [0.717, 1.165) is 44.8 Å². The minimum Gasteiger partial charge on any atom is -0.354 e. The largest absolute Gasteiger partial charge is 0.354 e. The third-order valence-electron chi connectivity index (χ3n) is 4.28. The fourth-order valence-electron chi connectivity index (χ4n) is 2.96. The first-order valence-electron chi connectivity index (χ1n) is 8.87. The lowest BCUT2D eigenvalue weighted by molar-refractivity contribution is -0.120. The molecule has 142 valence electrons. The van der Waals surface area contributed by atoms with Crippen LogP contribution in [0.3, 0.4) is 0 Å². The van der Waals surface area contributed by atoms with Gasteiger partial charge >= 0.3 is 0 Å². The molecular weight excluding hydrogens is 380 g/mol. The summed E-state index contributed by atoms with van der Waals surface area (Å²) >= 11 is 7.81. The fraction of sp³-hybridized carbons (Fsp3) is 0.350. The van der Waals surface area contributed by atoms with E-state index in [1.54, 1.807) is 0 Å². The molecule has 0 atom stereocenters. The van der Waals surface area contributed by atoms with Crippen molar-refractivity contribution in [2.75, 3.05) is 0 Å². The molecule has 0 saturated heterocycles. The Bertz CT molecular complexity index is 961. The van der Waals surface area contributed by atoms with Gasteiger partial charge in [-0.3, -0.25) is 4.79 Å². The quantitative estimate of drug-likeness (QED) is 0.670. The fourth-order valence-corrected chi connectivity index (χ4v) is 3.99. The number of rotatable bonds is 6. The van der Waals surface area contributed by atoms with Gasteiger partial charge in [-0.1, -0.05) is 29.8 Å². The Kier molecular flexibility index (Phi) is 5.97. The van der Waals surface area contributed by atoms with Crippen molar-refractivity contribution < 1.29 is 4.79 Å². The zero-order valence-corrected chi connectivity index (χ0v) is 17.5. The third kappa shape index (κ3) is 4.57. The average Bonchev–Trinajstić information content (AvgIpc) is 3.15. The molecule has 0 aliphatic heterocycles. The monoisotopic (exact) mass is 402 g/mol. The zero-order valence-electron chi connectivity index (χ0n) is 15.9. The van der Waals surface area contributed by atoms with E-state index >= 15 is 0 Å². The van der Waals surface area contributed by atoms with E-state index < -0.39 is 0 Å². The molecule has 0 aliphatic rings. The van der Waals surface area contributed by atoms with Gasteiger partial charge in [-0.25, -0.2) is 9.67 Å². The smallest absolute Gasteiger partial charge is 0.226 e. The van der Waals surface area contributed by atoms with Gasteiger partial charge in [-0.15, -0.1) is 11.3 Å². The Morgan fingerprint density at radius 1 is 1.30 bits per heavy atom. The number of hydrogen-bond donors (Lipinski definition) is 1. The van der Waals surface area contributed by atoms with Crippen molar-refractivity contribution in [3.05, 3.63) is 62.9 Å². The summed E-state index contributed by atoms with van der Waals surface area (Å²) in [4.78, 5) is 16.5. The predicted molar refractivity (Wildman–Crippen MR) is 110 cm³/mol. The maximum absolute atomic E-state index is 11.9. The maximum Gasteiger partial charge on any atom is 0.226 e. The molecule has 1 N–H and O–H groups in total. The molecule has 7 heteroatoms. The molecule has 27 heavy (non-hydrogen) atoms. The highest BCUT2D eigenvalue weighted by atomic mass is 35.5. The lowest BCUT2D eigenvalue weighted by Crippen LogP contribution is -2.31. The minimum atomic E-state index is -0.0189. The highest BCUT2D eigenvalue weighted by molar-refractivity contribution is 7.12. The Morgan fingerprint density at radius 2 is 2.04 bits per heavy atom. The average molecular weight is 403 g/mol. The highest BCUT2D eigenvalue weighted by Crippen LogP contribution is 2.25. The second-order valence-electron chi connectivity index (χ2n) is 6.85. The summed E-state index contributed by atoms with van der Waals surface area (Å²) in [7, 11) is 0. The summed E-state index contributed by atoms with van der Waals surface area (Å²) in [5.41, 5.74) is 4.99. The van der Waals surface area contributed by atoms with Crippen LogP contribution in [0.25, 0.3) is 5.13 Å². The molecule has 1 aromatic carbocycles. The normalized spacial score (nSPS) is 11.2. The van der Waals surface area contributed by atoms with Crippen LogP contribution in [0.2, 0.25) is 5.02 Å². The number of thiazole rings is 1. The maximum atomic E-state index is 11.9. The standard InChI is InChI=1S/C20H23ClN4OS/c1-12(2)22-19(26)10-16-11-27-20(23-16)25-14(4)17(13(3)24-25)9-15-7-5-6-8-18(15)21/h5-8,11-12H,9-10H2,1-4H3,(H,22,26). The molecule has 0 spiro atoms. The van der Waals surface area contributed by atoms with Crippen molar-refractivity contribution in [1.29, 1.82) is 0 Å². The van der Waals surface area contributed by atoms with Gasteiger partial charge in [0.25, 0.3) is 0 Å². The Labute approximate surface area is 168 Å². The highest BCUT2D eigenvalue weighted by Gasteiger charge is 2.17. The first kappa shape index (κ1) is 19.6. The van der Waals surface area contributed by atoms with Crippen molar-refractivity contribution in [1.82, 2.24) is 20.1 Å². The van der Waals surface area contributed by atoms with Gasteiger partial charge in [0.05, 0.1) is 17.8 Å². The second kappa shape index (κ2) is 8.23. The summed E-state index contributed by atoms with van der Waals surface area (Å²) in [5, 5.41) is 11.0. The molecule has 0 fully saturated rings.